The molecule has 0 saturated carbocycles. The van der Waals surface area contributed by atoms with Crippen molar-refractivity contribution in [1.82, 2.24) is 0 Å². The van der Waals surface area contributed by atoms with E-state index >= 15 is 0 Å². The highest BCUT2D eigenvalue weighted by molar-refractivity contribution is 5.87. The van der Waals surface area contributed by atoms with Crippen molar-refractivity contribution < 1.29 is 33.3 Å². The molecule has 0 radical (unpaired) electrons. The zero-order valence-electron chi connectivity index (χ0n) is 11.4. The molecule has 0 aliphatic carbocycles. The number of aldehydes is 1. The van der Waals surface area contributed by atoms with E-state index in [0.717, 1.165) is 0 Å². The van der Waals surface area contributed by atoms with Crippen molar-refractivity contribution in [1.29, 1.82) is 0 Å². The summed E-state index contributed by atoms with van der Waals surface area (Å²) >= 11 is 0. The van der Waals surface area contributed by atoms with Crippen LogP contribution in [0.25, 0.3) is 0 Å². The van der Waals surface area contributed by atoms with Gasteiger partial charge in [0.05, 0.1) is 0 Å². The van der Waals surface area contributed by atoms with Crippen LogP contribution in [0.3, 0.4) is 0 Å². The topological polar surface area (TPSA) is 88.1 Å². The van der Waals surface area contributed by atoms with Gasteiger partial charge in [-0.3, -0.25) is 9.59 Å². The van der Waals surface area contributed by atoms with Crippen molar-refractivity contribution in [3.63, 3.8) is 0 Å². The van der Waals surface area contributed by atoms with Crippen LogP contribution < -0.4 is 0 Å². The van der Waals surface area contributed by atoms with Crippen molar-refractivity contribution in [2.75, 3.05) is 13.7 Å². The molecule has 0 bridgehead atoms. The summed E-state index contributed by atoms with van der Waals surface area (Å²) in [6.45, 7) is 4.02. The first-order chi connectivity index (χ1) is 8.80. The number of hydrogen-bond donors (Lipinski definition) is 0. The zero-order chi connectivity index (χ0) is 14.6. The number of esters is 1. The highest BCUT2D eigenvalue weighted by Gasteiger charge is 2.48. The minimum atomic E-state index is -1.01. The first kappa shape index (κ1) is 15.7. The van der Waals surface area contributed by atoms with Crippen LogP contribution in [0.4, 0.5) is 0 Å². The maximum absolute atomic E-state index is 11.9. The van der Waals surface area contributed by atoms with E-state index in [9.17, 15) is 14.4 Å². The molecular weight excluding hydrogens is 256 g/mol. The number of ketones is 1. The second-order valence-corrected chi connectivity index (χ2v) is 4.60. The summed E-state index contributed by atoms with van der Waals surface area (Å²) in [6, 6.07) is 0. The molecule has 1 heterocycles. The first-order valence-electron chi connectivity index (χ1n) is 5.80. The predicted molar refractivity (Wildman–Crippen MR) is 62.3 cm³/mol. The molecule has 0 aromatic heterocycles. The van der Waals surface area contributed by atoms with Crippen molar-refractivity contribution in [2.45, 2.75) is 44.9 Å². The van der Waals surface area contributed by atoms with Crippen molar-refractivity contribution in [3.8, 4) is 0 Å². The predicted octanol–water partition coefficient (Wildman–Crippen LogP) is -0.147. The fourth-order valence-electron chi connectivity index (χ4n) is 1.80. The van der Waals surface area contributed by atoms with Crippen LogP contribution in [0.15, 0.2) is 0 Å². The van der Waals surface area contributed by atoms with Crippen LogP contribution in [0.5, 0.6) is 0 Å². The summed E-state index contributed by atoms with van der Waals surface area (Å²) in [5, 5.41) is 0. The molecule has 0 aromatic rings. The lowest BCUT2D eigenvalue weighted by Gasteiger charge is -2.20. The van der Waals surface area contributed by atoms with E-state index in [1.54, 1.807) is 13.8 Å². The zero-order valence-corrected chi connectivity index (χ0v) is 11.4. The Bertz CT molecular complexity index is 363. The number of Topliss-reactive ketones (excluding diaryl/α,β-unsaturated/α-hetero) is 1. The SMILES string of the molecule is CO[C@@H](C=O)[C@H]1OC(C)(C)O[C@H]1C(=O)COC(C)=O. The van der Waals surface area contributed by atoms with Crippen molar-refractivity contribution in [2.24, 2.45) is 0 Å². The third kappa shape index (κ3) is 4.09. The average Bonchev–Trinajstić information content (AvgIpc) is 2.64. The molecular formula is C12H18O7. The second-order valence-electron chi connectivity index (χ2n) is 4.60. The minimum Gasteiger partial charge on any atom is -0.458 e. The number of carbonyl (C=O) groups is 3. The lowest BCUT2D eigenvalue weighted by molar-refractivity contribution is -0.163. The van der Waals surface area contributed by atoms with Gasteiger partial charge in [0.15, 0.2) is 24.8 Å². The van der Waals surface area contributed by atoms with Gasteiger partial charge in [-0.25, -0.2) is 0 Å². The van der Waals surface area contributed by atoms with Gasteiger partial charge in [-0.05, 0) is 13.8 Å². The van der Waals surface area contributed by atoms with Gasteiger partial charge >= 0.3 is 5.97 Å². The highest BCUT2D eigenvalue weighted by atomic mass is 16.8. The Kier molecular flexibility index (Phi) is 5.16. The van der Waals surface area contributed by atoms with Crippen molar-refractivity contribution >= 4 is 18.0 Å². The Morgan fingerprint density at radius 2 is 2.00 bits per heavy atom. The largest absolute Gasteiger partial charge is 0.458 e. The van der Waals surface area contributed by atoms with Gasteiger partial charge < -0.3 is 23.7 Å². The van der Waals surface area contributed by atoms with Crippen LogP contribution in [-0.2, 0) is 33.3 Å². The number of carbonyl (C=O) groups excluding carboxylic acids is 3. The molecule has 108 valence electrons. The number of hydrogen-bond acceptors (Lipinski definition) is 7. The first-order valence-corrected chi connectivity index (χ1v) is 5.80. The third-order valence-corrected chi connectivity index (χ3v) is 2.59. The summed E-state index contributed by atoms with van der Waals surface area (Å²) in [5.41, 5.74) is 0. The Morgan fingerprint density at radius 3 is 2.47 bits per heavy atom. The van der Waals surface area contributed by atoms with E-state index in [1.165, 1.54) is 14.0 Å². The summed E-state index contributed by atoms with van der Waals surface area (Å²) in [6.07, 6.45) is -2.25. The van der Waals surface area contributed by atoms with Crippen molar-refractivity contribution in [3.05, 3.63) is 0 Å². The quantitative estimate of drug-likeness (QED) is 0.491. The molecule has 7 nitrogen and oxygen atoms in total. The number of rotatable bonds is 6. The lowest BCUT2D eigenvalue weighted by Crippen LogP contribution is -2.43. The highest BCUT2D eigenvalue weighted by Crippen LogP contribution is 2.31. The van der Waals surface area contributed by atoms with Gasteiger partial charge in [0.25, 0.3) is 0 Å². The van der Waals surface area contributed by atoms with Crippen LogP contribution in [0.2, 0.25) is 0 Å². The van der Waals surface area contributed by atoms with E-state index in [1.807, 2.05) is 0 Å². The summed E-state index contributed by atoms with van der Waals surface area (Å²) in [5.74, 6) is -2.06. The standard InChI is InChI=1S/C12H18O7/c1-7(14)17-6-8(15)10-11(9(5-13)16-4)19-12(2,3)18-10/h5,9-11H,6H2,1-4H3/t9-,10-,11+/m0/s1. The van der Waals surface area contributed by atoms with Crippen LogP contribution in [0, 0.1) is 0 Å². The van der Waals surface area contributed by atoms with E-state index in [2.05, 4.69) is 4.74 Å². The average molecular weight is 274 g/mol. The van der Waals surface area contributed by atoms with Gasteiger partial charge in [-0.2, -0.15) is 0 Å². The van der Waals surface area contributed by atoms with Gasteiger partial charge in [0, 0.05) is 14.0 Å². The number of methoxy groups -OCH3 is 1. The van der Waals surface area contributed by atoms with Gasteiger partial charge in [-0.15, -0.1) is 0 Å². The maximum atomic E-state index is 11.9. The molecule has 0 aromatic carbocycles. The van der Waals surface area contributed by atoms with E-state index < -0.39 is 42.5 Å². The molecule has 0 unspecified atom stereocenters. The second kappa shape index (κ2) is 6.23. The monoisotopic (exact) mass is 274 g/mol. The minimum absolute atomic E-state index is 0.425. The Labute approximate surface area is 111 Å². The Balaban J connectivity index is 2.79. The van der Waals surface area contributed by atoms with E-state index in [4.69, 9.17) is 14.2 Å². The fourth-order valence-corrected chi connectivity index (χ4v) is 1.80. The van der Waals surface area contributed by atoms with Crippen LogP contribution in [0.1, 0.15) is 20.8 Å². The number of ether oxygens (including phenoxy) is 4. The smallest absolute Gasteiger partial charge is 0.303 e. The molecule has 0 N–H and O–H groups in total. The lowest BCUT2D eigenvalue weighted by atomic mass is 10.1. The summed E-state index contributed by atoms with van der Waals surface area (Å²) in [7, 11) is 1.33. The molecule has 7 heteroatoms. The third-order valence-electron chi connectivity index (χ3n) is 2.59. The molecule has 0 amide bonds. The summed E-state index contributed by atoms with van der Waals surface area (Å²) in [4.78, 5) is 33.5. The Morgan fingerprint density at radius 1 is 1.37 bits per heavy atom. The molecule has 0 spiro atoms. The molecule has 19 heavy (non-hydrogen) atoms. The van der Waals surface area contributed by atoms with Crippen LogP contribution in [-0.4, -0.2) is 55.9 Å². The molecule has 1 aliphatic rings. The van der Waals surface area contributed by atoms with Gasteiger partial charge in [0.1, 0.15) is 12.2 Å². The Hall–Kier alpha value is -1.31. The van der Waals surface area contributed by atoms with E-state index in [0.29, 0.717) is 6.29 Å². The van der Waals surface area contributed by atoms with E-state index in [-0.39, 0.29) is 0 Å². The van der Waals surface area contributed by atoms with Gasteiger partial charge in [0.2, 0.25) is 5.78 Å². The summed E-state index contributed by atoms with van der Waals surface area (Å²) < 4.78 is 20.5. The molecule has 1 rings (SSSR count). The van der Waals surface area contributed by atoms with Gasteiger partial charge in [-0.1, -0.05) is 0 Å². The fraction of sp³-hybridized carbons (Fsp3) is 0.750. The molecule has 3 atom stereocenters. The maximum Gasteiger partial charge on any atom is 0.303 e. The molecule has 1 saturated heterocycles. The molecule has 1 aliphatic heterocycles. The normalized spacial score (nSPS) is 26.7. The molecule has 1 fully saturated rings. The van der Waals surface area contributed by atoms with Crippen LogP contribution >= 0.6 is 0 Å².